The minimum atomic E-state index is -0.818. The summed E-state index contributed by atoms with van der Waals surface area (Å²) >= 11 is 6.46. The lowest BCUT2D eigenvalue weighted by atomic mass is 10.0. The molecule has 1 atom stereocenters. The van der Waals surface area contributed by atoms with Gasteiger partial charge in [-0.1, -0.05) is 73.0 Å². The van der Waals surface area contributed by atoms with Crippen LogP contribution in [0.1, 0.15) is 36.8 Å². The third-order valence-electron chi connectivity index (χ3n) is 6.98. The van der Waals surface area contributed by atoms with E-state index in [1.807, 2.05) is 42.5 Å². The molecule has 10 heteroatoms. The minimum Gasteiger partial charge on any atom is -0.490 e. The molecule has 1 fully saturated rings. The number of hydrogen-bond donors (Lipinski definition) is 1. The Kier molecular flexibility index (Phi) is 9.96. The maximum atomic E-state index is 13.8. The van der Waals surface area contributed by atoms with Crippen LogP contribution in [0, 0.1) is 10.1 Å². The van der Waals surface area contributed by atoms with Gasteiger partial charge in [-0.05, 0) is 36.1 Å². The number of carbonyl (C=O) groups excluding carboxylic acids is 2. The van der Waals surface area contributed by atoms with Crippen molar-refractivity contribution in [1.82, 2.24) is 10.2 Å². The van der Waals surface area contributed by atoms with Crippen molar-refractivity contribution in [3.05, 3.63) is 99.1 Å². The van der Waals surface area contributed by atoms with Crippen LogP contribution >= 0.6 is 11.6 Å². The molecule has 1 unspecified atom stereocenters. The molecule has 2 amide bonds. The summed E-state index contributed by atoms with van der Waals surface area (Å²) in [7, 11) is 1.32. The largest absolute Gasteiger partial charge is 0.490 e. The van der Waals surface area contributed by atoms with Gasteiger partial charge in [0.1, 0.15) is 11.8 Å². The number of methoxy groups -OCH3 is 1. The summed E-state index contributed by atoms with van der Waals surface area (Å²) in [6.45, 7) is -0.297. The molecule has 0 saturated heterocycles. The van der Waals surface area contributed by atoms with E-state index in [4.69, 9.17) is 21.1 Å². The third-order valence-corrected chi connectivity index (χ3v) is 7.35. The highest BCUT2D eigenvalue weighted by atomic mass is 35.5. The van der Waals surface area contributed by atoms with E-state index in [-0.39, 0.29) is 35.7 Å². The number of nitrogens with zero attached hydrogens (tertiary/aromatic N) is 2. The molecule has 210 valence electrons. The van der Waals surface area contributed by atoms with Crippen LogP contribution in [0.2, 0.25) is 5.02 Å². The van der Waals surface area contributed by atoms with Crippen molar-refractivity contribution in [2.24, 2.45) is 0 Å². The first-order valence-corrected chi connectivity index (χ1v) is 13.6. The van der Waals surface area contributed by atoms with E-state index in [9.17, 15) is 19.7 Å². The van der Waals surface area contributed by atoms with E-state index in [0.29, 0.717) is 17.0 Å². The Morgan fingerprint density at radius 2 is 1.77 bits per heavy atom. The van der Waals surface area contributed by atoms with Gasteiger partial charge < -0.3 is 19.7 Å². The third kappa shape index (κ3) is 7.51. The van der Waals surface area contributed by atoms with Gasteiger partial charge in [-0.15, -0.1) is 0 Å². The van der Waals surface area contributed by atoms with Crippen LogP contribution in [0.25, 0.3) is 0 Å². The normalized spacial score (nSPS) is 13.8. The second-order valence-corrected chi connectivity index (χ2v) is 10.1. The van der Waals surface area contributed by atoms with Gasteiger partial charge in [-0.2, -0.15) is 0 Å². The molecule has 40 heavy (non-hydrogen) atoms. The lowest BCUT2D eigenvalue weighted by Crippen LogP contribution is -2.53. The maximum absolute atomic E-state index is 13.8. The van der Waals surface area contributed by atoms with Gasteiger partial charge in [0, 0.05) is 36.2 Å². The molecule has 9 nitrogen and oxygen atoms in total. The average molecular weight is 566 g/mol. The van der Waals surface area contributed by atoms with Crippen LogP contribution in [0.5, 0.6) is 11.5 Å². The summed E-state index contributed by atoms with van der Waals surface area (Å²) in [6, 6.07) is 20.0. The SMILES string of the molecule is COc1cc(OCC(=O)N(Cc2ccccc2Cl)C(Cc2ccccc2)C(=O)NC2CCCC2)ccc1[N+](=O)[O-]. The van der Waals surface area contributed by atoms with E-state index in [0.717, 1.165) is 31.2 Å². The lowest BCUT2D eigenvalue weighted by Gasteiger charge is -2.32. The molecular formula is C30H32ClN3O6. The van der Waals surface area contributed by atoms with Crippen molar-refractivity contribution >= 4 is 29.1 Å². The number of nitro groups is 1. The molecule has 0 radical (unpaired) electrons. The molecule has 1 N–H and O–H groups in total. The fourth-order valence-corrected chi connectivity index (χ4v) is 5.05. The summed E-state index contributed by atoms with van der Waals surface area (Å²) in [4.78, 5) is 39.7. The fourth-order valence-electron chi connectivity index (χ4n) is 4.86. The molecule has 1 aliphatic rings. The summed E-state index contributed by atoms with van der Waals surface area (Å²) in [6.07, 6.45) is 4.24. The second kappa shape index (κ2) is 13.8. The van der Waals surface area contributed by atoms with Crippen molar-refractivity contribution in [3.63, 3.8) is 0 Å². The first kappa shape index (κ1) is 28.9. The molecule has 0 spiro atoms. The topological polar surface area (TPSA) is 111 Å². The summed E-state index contributed by atoms with van der Waals surface area (Å²) in [5, 5.41) is 14.9. The highest BCUT2D eigenvalue weighted by Gasteiger charge is 2.33. The van der Waals surface area contributed by atoms with Gasteiger partial charge in [0.25, 0.3) is 5.91 Å². The average Bonchev–Trinajstić information content (AvgIpc) is 3.47. The van der Waals surface area contributed by atoms with Gasteiger partial charge >= 0.3 is 5.69 Å². The lowest BCUT2D eigenvalue weighted by molar-refractivity contribution is -0.385. The van der Waals surface area contributed by atoms with E-state index in [1.165, 1.54) is 30.2 Å². The summed E-state index contributed by atoms with van der Waals surface area (Å²) in [5.74, 6) is -0.419. The number of carbonyl (C=O) groups is 2. The van der Waals surface area contributed by atoms with E-state index in [1.54, 1.807) is 12.1 Å². The Hall–Kier alpha value is -4.11. The zero-order valence-electron chi connectivity index (χ0n) is 22.3. The van der Waals surface area contributed by atoms with Crippen molar-refractivity contribution in [1.29, 1.82) is 0 Å². The van der Waals surface area contributed by atoms with Crippen LogP contribution < -0.4 is 14.8 Å². The Morgan fingerprint density at radius 3 is 2.45 bits per heavy atom. The molecule has 4 rings (SSSR count). The number of amides is 2. The molecule has 0 aliphatic heterocycles. The molecule has 0 bridgehead atoms. The van der Waals surface area contributed by atoms with Crippen molar-refractivity contribution in [2.75, 3.05) is 13.7 Å². The number of nitrogens with one attached hydrogen (secondary N) is 1. The maximum Gasteiger partial charge on any atom is 0.311 e. The predicted octanol–water partition coefficient (Wildman–Crippen LogP) is 5.33. The molecule has 1 saturated carbocycles. The fraction of sp³-hybridized carbons (Fsp3) is 0.333. The molecule has 1 aliphatic carbocycles. The first-order valence-electron chi connectivity index (χ1n) is 13.2. The molecule has 0 aromatic heterocycles. The Morgan fingerprint density at radius 1 is 1.07 bits per heavy atom. The monoisotopic (exact) mass is 565 g/mol. The van der Waals surface area contributed by atoms with Crippen LogP contribution in [0.15, 0.2) is 72.8 Å². The van der Waals surface area contributed by atoms with Gasteiger partial charge in [-0.25, -0.2) is 0 Å². The zero-order chi connectivity index (χ0) is 28.5. The van der Waals surface area contributed by atoms with E-state index < -0.39 is 23.5 Å². The van der Waals surface area contributed by atoms with Crippen LogP contribution in [-0.2, 0) is 22.6 Å². The van der Waals surface area contributed by atoms with Gasteiger partial charge in [0.15, 0.2) is 6.61 Å². The summed E-state index contributed by atoms with van der Waals surface area (Å²) < 4.78 is 10.9. The number of hydrogen-bond acceptors (Lipinski definition) is 6. The van der Waals surface area contributed by atoms with Crippen LogP contribution in [-0.4, -0.2) is 47.4 Å². The van der Waals surface area contributed by atoms with Gasteiger partial charge in [0.2, 0.25) is 11.7 Å². The van der Waals surface area contributed by atoms with Gasteiger partial charge in [0.05, 0.1) is 12.0 Å². The van der Waals surface area contributed by atoms with E-state index >= 15 is 0 Å². The molecule has 3 aromatic carbocycles. The standard InChI is InChI=1S/C30H32ClN3O6/c1-39-28-18-24(15-16-26(28)34(37)38)40-20-29(35)33(19-22-11-5-8-14-25(22)31)27(17-21-9-3-2-4-10-21)30(36)32-23-12-6-7-13-23/h2-5,8-11,14-16,18,23,27H,6-7,12-13,17,19-20H2,1H3,(H,32,36). The van der Waals surface area contributed by atoms with Crippen molar-refractivity contribution in [2.45, 2.75) is 50.7 Å². The summed E-state index contributed by atoms with van der Waals surface area (Å²) in [5.41, 5.74) is 1.39. The molecule has 3 aromatic rings. The number of halogens is 1. The van der Waals surface area contributed by atoms with Crippen molar-refractivity contribution < 1.29 is 24.0 Å². The first-order chi connectivity index (χ1) is 19.4. The minimum absolute atomic E-state index is 0.0146. The molecule has 0 heterocycles. The number of benzene rings is 3. The van der Waals surface area contributed by atoms with Crippen LogP contribution in [0.4, 0.5) is 5.69 Å². The molecular weight excluding hydrogens is 534 g/mol. The predicted molar refractivity (Wildman–Crippen MR) is 151 cm³/mol. The Bertz CT molecular complexity index is 1330. The smallest absolute Gasteiger partial charge is 0.311 e. The number of nitro benzene ring substituents is 1. The highest BCUT2D eigenvalue weighted by Crippen LogP contribution is 2.31. The Labute approximate surface area is 238 Å². The number of rotatable bonds is 12. The van der Waals surface area contributed by atoms with E-state index in [2.05, 4.69) is 5.32 Å². The quantitative estimate of drug-likeness (QED) is 0.234. The van der Waals surface area contributed by atoms with Gasteiger partial charge in [-0.3, -0.25) is 19.7 Å². The highest BCUT2D eigenvalue weighted by molar-refractivity contribution is 6.31. The Balaban J connectivity index is 1.62. The van der Waals surface area contributed by atoms with Crippen LogP contribution in [0.3, 0.4) is 0 Å². The second-order valence-electron chi connectivity index (χ2n) is 9.69. The zero-order valence-corrected chi connectivity index (χ0v) is 23.0. The van der Waals surface area contributed by atoms with Crippen molar-refractivity contribution in [3.8, 4) is 11.5 Å². The number of ether oxygens (including phenoxy) is 2.